The summed E-state index contributed by atoms with van der Waals surface area (Å²) in [6.45, 7) is 0. The van der Waals surface area contributed by atoms with Gasteiger partial charge in [-0.15, -0.1) is 0 Å². The zero-order valence-corrected chi connectivity index (χ0v) is 17.1. The average molecular weight is 460 g/mol. The molecule has 1 aliphatic heterocycles. The molecule has 0 radical (unpaired) electrons. The van der Waals surface area contributed by atoms with Crippen LogP contribution in [0.3, 0.4) is 0 Å². The topological polar surface area (TPSA) is 176 Å². The summed E-state index contributed by atoms with van der Waals surface area (Å²) in [4.78, 5) is 24.2. The summed E-state index contributed by atoms with van der Waals surface area (Å²) in [5, 5.41) is 49.1. The van der Waals surface area contributed by atoms with Gasteiger partial charge in [0.05, 0.1) is 18.1 Å². The number of carboxylic acids is 1. The molecule has 11 nitrogen and oxygen atoms in total. The van der Waals surface area contributed by atoms with Crippen molar-refractivity contribution in [3.63, 3.8) is 0 Å². The summed E-state index contributed by atoms with van der Waals surface area (Å²) in [6, 6.07) is 8.57. The van der Waals surface area contributed by atoms with Gasteiger partial charge in [0.25, 0.3) is 0 Å². The lowest BCUT2D eigenvalue weighted by Gasteiger charge is -2.38. The normalized spacial score (nSPS) is 25.0. The van der Waals surface area contributed by atoms with Gasteiger partial charge in [-0.05, 0) is 29.8 Å². The number of phenols is 1. The van der Waals surface area contributed by atoms with E-state index in [1.54, 1.807) is 6.07 Å². The first kappa shape index (κ1) is 22.6. The van der Waals surface area contributed by atoms with Gasteiger partial charge in [-0.2, -0.15) is 0 Å². The number of aliphatic carboxylic acids is 1. The minimum Gasteiger partial charge on any atom is -0.504 e. The number of carboxylic acid groups (broad SMARTS) is 1. The number of hydrogen-bond acceptors (Lipinski definition) is 10. The zero-order chi connectivity index (χ0) is 23.9. The van der Waals surface area contributed by atoms with Crippen LogP contribution in [0.4, 0.5) is 0 Å². The number of ether oxygens (including phenoxy) is 3. The molecule has 174 valence electrons. The van der Waals surface area contributed by atoms with Gasteiger partial charge >= 0.3 is 5.97 Å². The second kappa shape index (κ2) is 8.71. The van der Waals surface area contributed by atoms with Crippen LogP contribution in [0.25, 0.3) is 22.1 Å². The predicted octanol–water partition coefficient (Wildman–Crippen LogP) is 0.445. The molecule has 11 heteroatoms. The van der Waals surface area contributed by atoms with Gasteiger partial charge in [0, 0.05) is 6.07 Å². The number of hydrogen-bond donors (Lipinski definition) is 5. The van der Waals surface area contributed by atoms with Crippen molar-refractivity contribution >= 4 is 16.9 Å². The number of benzene rings is 2. The Morgan fingerprint density at radius 1 is 1.03 bits per heavy atom. The molecule has 2 heterocycles. The second-order valence-electron chi connectivity index (χ2n) is 7.38. The van der Waals surface area contributed by atoms with Crippen molar-refractivity contribution in [3.8, 4) is 28.4 Å². The molecular formula is C22H20O11. The Morgan fingerprint density at radius 2 is 1.79 bits per heavy atom. The van der Waals surface area contributed by atoms with E-state index in [1.165, 1.54) is 43.7 Å². The van der Waals surface area contributed by atoms with Crippen LogP contribution < -0.4 is 14.9 Å². The number of phenolic OH excluding ortho intramolecular Hbond substituents is 1. The molecule has 3 aromatic rings. The molecule has 0 bridgehead atoms. The molecule has 5 N–H and O–H groups in total. The van der Waals surface area contributed by atoms with Gasteiger partial charge in [0.15, 0.2) is 23.0 Å². The van der Waals surface area contributed by atoms with Crippen LogP contribution in [-0.4, -0.2) is 69.3 Å². The molecule has 5 atom stereocenters. The molecule has 1 aromatic heterocycles. The van der Waals surface area contributed by atoms with Gasteiger partial charge in [0.2, 0.25) is 6.29 Å². The molecule has 0 spiro atoms. The summed E-state index contributed by atoms with van der Waals surface area (Å²) >= 11 is 0. The minimum absolute atomic E-state index is 0.0530. The van der Waals surface area contributed by atoms with Crippen molar-refractivity contribution in [2.24, 2.45) is 0 Å². The summed E-state index contributed by atoms with van der Waals surface area (Å²) in [5.74, 6) is -1.38. The van der Waals surface area contributed by atoms with E-state index in [9.17, 15) is 30.0 Å². The van der Waals surface area contributed by atoms with Crippen molar-refractivity contribution in [2.45, 2.75) is 30.7 Å². The van der Waals surface area contributed by atoms with E-state index in [0.29, 0.717) is 5.56 Å². The summed E-state index contributed by atoms with van der Waals surface area (Å²) in [6.07, 6.45) is -7.59. The Kier molecular flexibility index (Phi) is 5.95. The van der Waals surface area contributed by atoms with Crippen LogP contribution >= 0.6 is 0 Å². The molecule has 4 rings (SSSR count). The second-order valence-corrected chi connectivity index (χ2v) is 7.38. The highest BCUT2D eigenvalue weighted by Crippen LogP contribution is 2.32. The fraction of sp³-hybridized carbons (Fsp3) is 0.273. The number of carbonyl (C=O) groups is 1. The first-order valence-corrected chi connectivity index (χ1v) is 9.73. The summed E-state index contributed by atoms with van der Waals surface area (Å²) in [7, 11) is 1.40. The predicted molar refractivity (Wildman–Crippen MR) is 111 cm³/mol. The molecule has 1 aliphatic rings. The number of rotatable bonds is 5. The first-order chi connectivity index (χ1) is 15.7. The molecule has 33 heavy (non-hydrogen) atoms. The van der Waals surface area contributed by atoms with Crippen LogP contribution in [0.15, 0.2) is 51.9 Å². The monoisotopic (exact) mass is 460 g/mol. The number of aromatic hydroxyl groups is 1. The van der Waals surface area contributed by atoms with Crippen LogP contribution in [0, 0.1) is 0 Å². The minimum atomic E-state index is -1.84. The average Bonchev–Trinajstić information content (AvgIpc) is 2.79. The van der Waals surface area contributed by atoms with Gasteiger partial charge in [0.1, 0.15) is 35.9 Å². The Balaban J connectivity index is 1.63. The molecule has 0 aliphatic carbocycles. The highest BCUT2D eigenvalue weighted by atomic mass is 16.7. The molecular weight excluding hydrogens is 440 g/mol. The van der Waals surface area contributed by atoms with Crippen molar-refractivity contribution in [2.75, 3.05) is 7.11 Å². The van der Waals surface area contributed by atoms with Crippen molar-refractivity contribution in [1.29, 1.82) is 0 Å². The summed E-state index contributed by atoms with van der Waals surface area (Å²) in [5.41, 5.74) is 0.349. The van der Waals surface area contributed by atoms with E-state index in [1.807, 2.05) is 0 Å². The van der Waals surface area contributed by atoms with Crippen molar-refractivity contribution in [1.82, 2.24) is 0 Å². The zero-order valence-electron chi connectivity index (χ0n) is 17.1. The Labute approximate surface area is 185 Å². The fourth-order valence-electron chi connectivity index (χ4n) is 3.52. The first-order valence-electron chi connectivity index (χ1n) is 9.73. The molecule has 0 amide bonds. The van der Waals surface area contributed by atoms with E-state index in [2.05, 4.69) is 0 Å². The van der Waals surface area contributed by atoms with E-state index >= 15 is 0 Å². The van der Waals surface area contributed by atoms with Gasteiger partial charge < -0.3 is 44.2 Å². The standard InChI is InChI=1S/C22H20O11/c1-30-14-5-2-9(6-13(14)23)12-8-31-15-7-10(3-4-11(15)16(12)24)32-22-19(27)17(25)18(26)20(33-22)21(28)29/h2-8,17-20,22-23,25-27H,1H3,(H,28,29)/t17-,18-,19+,20-,22+/m0/s1. The SMILES string of the molecule is COc1ccc(-c2coc3cc(O[C@@H]4O[C@H](C(=O)O)[C@@H](O)[C@H](O)[C@H]4O)ccc3c2=O)cc1O. The highest BCUT2D eigenvalue weighted by molar-refractivity contribution is 5.83. The summed E-state index contributed by atoms with van der Waals surface area (Å²) < 4.78 is 21.1. The lowest BCUT2D eigenvalue weighted by molar-refractivity contribution is -0.271. The lowest BCUT2D eigenvalue weighted by atomic mass is 9.99. The van der Waals surface area contributed by atoms with Gasteiger partial charge in [-0.3, -0.25) is 4.79 Å². The largest absolute Gasteiger partial charge is 0.504 e. The van der Waals surface area contributed by atoms with Crippen LogP contribution in [0.5, 0.6) is 17.2 Å². The van der Waals surface area contributed by atoms with Gasteiger partial charge in [-0.1, -0.05) is 6.07 Å². The molecule has 2 aromatic carbocycles. The van der Waals surface area contributed by atoms with E-state index in [4.69, 9.17) is 23.7 Å². The lowest BCUT2D eigenvalue weighted by Crippen LogP contribution is -2.61. The maximum Gasteiger partial charge on any atom is 0.335 e. The van der Waals surface area contributed by atoms with E-state index in [0.717, 1.165) is 0 Å². The van der Waals surface area contributed by atoms with Gasteiger partial charge in [-0.25, -0.2) is 4.79 Å². The number of aliphatic hydroxyl groups excluding tert-OH is 3. The van der Waals surface area contributed by atoms with Crippen molar-refractivity contribution < 1.29 is 49.0 Å². The number of fused-ring (bicyclic) bond motifs is 1. The fourth-order valence-corrected chi connectivity index (χ4v) is 3.52. The quantitative estimate of drug-likeness (QED) is 0.357. The van der Waals surface area contributed by atoms with Crippen LogP contribution in [0.1, 0.15) is 0 Å². The van der Waals surface area contributed by atoms with Crippen LogP contribution in [-0.2, 0) is 9.53 Å². The smallest absolute Gasteiger partial charge is 0.335 e. The molecule has 0 unspecified atom stereocenters. The molecule has 1 saturated heterocycles. The number of aliphatic hydroxyl groups is 3. The third-order valence-corrected chi connectivity index (χ3v) is 5.30. The molecule has 0 saturated carbocycles. The van der Waals surface area contributed by atoms with E-state index < -0.39 is 36.7 Å². The third kappa shape index (κ3) is 4.10. The molecule has 1 fully saturated rings. The maximum atomic E-state index is 12.9. The van der Waals surface area contributed by atoms with Crippen molar-refractivity contribution in [3.05, 3.63) is 52.9 Å². The third-order valence-electron chi connectivity index (χ3n) is 5.30. The van der Waals surface area contributed by atoms with Crippen LogP contribution in [0.2, 0.25) is 0 Å². The Bertz CT molecular complexity index is 1250. The Morgan fingerprint density at radius 3 is 2.45 bits per heavy atom. The Hall–Kier alpha value is -3.64. The number of methoxy groups -OCH3 is 1. The maximum absolute atomic E-state index is 12.9. The van der Waals surface area contributed by atoms with E-state index in [-0.39, 0.29) is 39.2 Å². The highest BCUT2D eigenvalue weighted by Gasteiger charge is 2.48.